The molecule has 2 heterocycles. The molecule has 1 aliphatic heterocycles. The minimum atomic E-state index is -0.245. The summed E-state index contributed by atoms with van der Waals surface area (Å²) in [5.74, 6) is 0.896. The zero-order chi connectivity index (χ0) is 23.6. The Balaban J connectivity index is 1.45. The summed E-state index contributed by atoms with van der Waals surface area (Å²) in [7, 11) is 0. The van der Waals surface area contributed by atoms with Crippen LogP contribution in [-0.4, -0.2) is 54.0 Å². The second kappa shape index (κ2) is 12.0. The number of furan rings is 1. The van der Waals surface area contributed by atoms with E-state index in [1.165, 1.54) is 0 Å². The molecule has 0 radical (unpaired) electrons. The van der Waals surface area contributed by atoms with Gasteiger partial charge in [-0.2, -0.15) is 0 Å². The molecule has 0 aliphatic carbocycles. The number of para-hydroxylation sites is 1. The lowest BCUT2D eigenvalue weighted by Gasteiger charge is -2.29. The van der Waals surface area contributed by atoms with Gasteiger partial charge in [0, 0.05) is 19.7 Å². The number of hydrogen-bond donors (Lipinski definition) is 0. The Kier molecular flexibility index (Phi) is 8.35. The van der Waals surface area contributed by atoms with E-state index in [2.05, 4.69) is 0 Å². The Hall–Kier alpha value is -3.58. The highest BCUT2D eigenvalue weighted by Gasteiger charge is 2.27. The van der Waals surface area contributed by atoms with Crippen molar-refractivity contribution in [2.75, 3.05) is 26.3 Å². The van der Waals surface area contributed by atoms with Gasteiger partial charge in [-0.15, -0.1) is 0 Å². The van der Waals surface area contributed by atoms with Crippen LogP contribution in [0.5, 0.6) is 5.75 Å². The Morgan fingerprint density at radius 2 is 1.65 bits per heavy atom. The van der Waals surface area contributed by atoms with Gasteiger partial charge in [0.15, 0.2) is 6.61 Å². The molecule has 3 aromatic rings. The average molecular weight is 463 g/mol. The molecule has 0 bridgehead atoms. The summed E-state index contributed by atoms with van der Waals surface area (Å²) < 4.78 is 16.9. The van der Waals surface area contributed by atoms with Gasteiger partial charge in [-0.05, 0) is 42.7 Å². The third-order valence-electron chi connectivity index (χ3n) is 5.73. The second-order valence-corrected chi connectivity index (χ2v) is 8.33. The maximum absolute atomic E-state index is 13.4. The van der Waals surface area contributed by atoms with Crippen LogP contribution in [0.2, 0.25) is 0 Å². The van der Waals surface area contributed by atoms with Gasteiger partial charge in [-0.25, -0.2) is 0 Å². The molecule has 1 saturated heterocycles. The fraction of sp³-hybridized carbons (Fsp3) is 0.333. The minimum Gasteiger partial charge on any atom is -0.484 e. The molecule has 4 rings (SSSR count). The van der Waals surface area contributed by atoms with Gasteiger partial charge in [0.25, 0.3) is 5.91 Å². The molecule has 1 aliphatic rings. The van der Waals surface area contributed by atoms with Crippen molar-refractivity contribution in [1.29, 1.82) is 0 Å². The number of ether oxygens (including phenoxy) is 2. The van der Waals surface area contributed by atoms with E-state index in [0.717, 1.165) is 18.4 Å². The summed E-state index contributed by atoms with van der Waals surface area (Å²) >= 11 is 0. The van der Waals surface area contributed by atoms with Crippen molar-refractivity contribution < 1.29 is 23.5 Å². The van der Waals surface area contributed by atoms with Crippen LogP contribution in [0.3, 0.4) is 0 Å². The predicted octanol–water partition coefficient (Wildman–Crippen LogP) is 3.90. The lowest BCUT2D eigenvalue weighted by atomic mass is 10.2. The molecule has 7 heteroatoms. The standard InChI is InChI=1S/C27H30N2O5/c30-26(28(18-24-13-7-15-32-24)17-22-9-3-1-4-10-22)20-29(19-25-14-8-16-33-25)27(31)21-34-23-11-5-2-6-12-23/h1-7,9-13,15,25H,8,14,16-21H2. The normalized spacial score (nSPS) is 15.1. The van der Waals surface area contributed by atoms with E-state index < -0.39 is 0 Å². The van der Waals surface area contributed by atoms with Crippen molar-refractivity contribution >= 4 is 11.8 Å². The SMILES string of the molecule is O=C(CN(CC1CCCO1)C(=O)COc1ccccc1)N(Cc1ccccc1)Cc1ccco1. The van der Waals surface area contributed by atoms with E-state index in [4.69, 9.17) is 13.9 Å². The second-order valence-electron chi connectivity index (χ2n) is 8.33. The number of carbonyl (C=O) groups is 2. The first kappa shape index (κ1) is 23.6. The summed E-state index contributed by atoms with van der Waals surface area (Å²) in [5, 5.41) is 0. The maximum atomic E-state index is 13.4. The molecule has 34 heavy (non-hydrogen) atoms. The minimum absolute atomic E-state index is 0.0512. The van der Waals surface area contributed by atoms with Crippen molar-refractivity contribution in [3.8, 4) is 5.75 Å². The molecule has 1 unspecified atom stereocenters. The number of hydrogen-bond acceptors (Lipinski definition) is 5. The number of nitrogens with zero attached hydrogens (tertiary/aromatic N) is 2. The van der Waals surface area contributed by atoms with Crippen molar-refractivity contribution in [3.05, 3.63) is 90.4 Å². The zero-order valence-corrected chi connectivity index (χ0v) is 19.2. The number of benzene rings is 2. The number of carbonyl (C=O) groups excluding carboxylic acids is 2. The molecule has 0 saturated carbocycles. The molecule has 1 fully saturated rings. The molecule has 2 amide bonds. The maximum Gasteiger partial charge on any atom is 0.261 e. The first-order valence-corrected chi connectivity index (χ1v) is 11.6. The third kappa shape index (κ3) is 6.96. The first-order valence-electron chi connectivity index (χ1n) is 11.6. The first-order chi connectivity index (χ1) is 16.7. The Labute approximate surface area is 199 Å². The van der Waals surface area contributed by atoms with Gasteiger partial charge < -0.3 is 23.7 Å². The van der Waals surface area contributed by atoms with Crippen LogP contribution in [0, 0.1) is 0 Å². The molecular formula is C27H30N2O5. The van der Waals surface area contributed by atoms with E-state index >= 15 is 0 Å². The van der Waals surface area contributed by atoms with Crippen LogP contribution in [0.25, 0.3) is 0 Å². The van der Waals surface area contributed by atoms with Gasteiger partial charge in [0.2, 0.25) is 5.91 Å². The van der Waals surface area contributed by atoms with Crippen molar-refractivity contribution in [3.63, 3.8) is 0 Å². The Morgan fingerprint density at radius 1 is 0.882 bits per heavy atom. The van der Waals surface area contributed by atoms with Crippen molar-refractivity contribution in [2.24, 2.45) is 0 Å². The van der Waals surface area contributed by atoms with Gasteiger partial charge in [-0.1, -0.05) is 48.5 Å². The number of rotatable bonds is 11. The summed E-state index contributed by atoms with van der Waals surface area (Å²) in [6.07, 6.45) is 3.35. The van der Waals surface area contributed by atoms with Crippen LogP contribution in [-0.2, 0) is 27.4 Å². The molecule has 0 spiro atoms. The highest BCUT2D eigenvalue weighted by molar-refractivity contribution is 5.85. The van der Waals surface area contributed by atoms with Gasteiger partial charge in [0.1, 0.15) is 11.5 Å². The molecule has 7 nitrogen and oxygen atoms in total. The fourth-order valence-electron chi connectivity index (χ4n) is 3.93. The zero-order valence-electron chi connectivity index (χ0n) is 19.2. The molecule has 178 valence electrons. The Morgan fingerprint density at radius 3 is 2.32 bits per heavy atom. The van der Waals surface area contributed by atoms with Gasteiger partial charge in [0.05, 0.1) is 25.5 Å². The summed E-state index contributed by atoms with van der Waals surface area (Å²) in [6.45, 7) is 1.60. The lowest BCUT2D eigenvalue weighted by Crippen LogP contribution is -2.46. The number of amides is 2. The molecule has 1 aromatic heterocycles. The van der Waals surface area contributed by atoms with E-state index in [1.54, 1.807) is 34.3 Å². The van der Waals surface area contributed by atoms with Gasteiger partial charge in [-0.3, -0.25) is 9.59 Å². The van der Waals surface area contributed by atoms with Crippen molar-refractivity contribution in [2.45, 2.75) is 32.0 Å². The average Bonchev–Trinajstić information content (AvgIpc) is 3.57. The highest BCUT2D eigenvalue weighted by Crippen LogP contribution is 2.16. The largest absolute Gasteiger partial charge is 0.484 e. The third-order valence-corrected chi connectivity index (χ3v) is 5.73. The van der Waals surface area contributed by atoms with Crippen LogP contribution < -0.4 is 4.74 Å². The molecule has 2 aromatic carbocycles. The van der Waals surface area contributed by atoms with Crippen LogP contribution >= 0.6 is 0 Å². The Bertz CT molecular complexity index is 1020. The van der Waals surface area contributed by atoms with E-state index in [9.17, 15) is 9.59 Å². The van der Waals surface area contributed by atoms with E-state index in [-0.39, 0.29) is 31.1 Å². The molecule has 1 atom stereocenters. The van der Waals surface area contributed by atoms with Crippen LogP contribution in [0.15, 0.2) is 83.5 Å². The van der Waals surface area contributed by atoms with Crippen LogP contribution in [0.4, 0.5) is 0 Å². The fourth-order valence-corrected chi connectivity index (χ4v) is 3.93. The van der Waals surface area contributed by atoms with Crippen LogP contribution in [0.1, 0.15) is 24.2 Å². The summed E-state index contributed by atoms with van der Waals surface area (Å²) in [6, 6.07) is 22.6. The topological polar surface area (TPSA) is 72.2 Å². The van der Waals surface area contributed by atoms with E-state index in [0.29, 0.717) is 37.8 Å². The summed E-state index contributed by atoms with van der Waals surface area (Å²) in [5.41, 5.74) is 1.01. The monoisotopic (exact) mass is 462 g/mol. The summed E-state index contributed by atoms with van der Waals surface area (Å²) in [4.78, 5) is 29.8. The van der Waals surface area contributed by atoms with Gasteiger partial charge >= 0.3 is 0 Å². The highest BCUT2D eigenvalue weighted by atomic mass is 16.5. The molecular weight excluding hydrogens is 432 g/mol. The van der Waals surface area contributed by atoms with Crippen molar-refractivity contribution in [1.82, 2.24) is 9.80 Å². The lowest BCUT2D eigenvalue weighted by molar-refractivity contribution is -0.143. The van der Waals surface area contributed by atoms with E-state index in [1.807, 2.05) is 54.6 Å². The molecule has 0 N–H and O–H groups in total. The smallest absolute Gasteiger partial charge is 0.261 e. The quantitative estimate of drug-likeness (QED) is 0.432. The predicted molar refractivity (Wildman–Crippen MR) is 127 cm³/mol.